The second-order valence-electron chi connectivity index (χ2n) is 13.6. The lowest BCUT2D eigenvalue weighted by molar-refractivity contribution is -0.200. The first-order valence-corrected chi connectivity index (χ1v) is 16.3. The van der Waals surface area contributed by atoms with Gasteiger partial charge >= 0.3 is 0 Å². The van der Waals surface area contributed by atoms with Gasteiger partial charge in [-0.3, -0.25) is 9.59 Å². The molecule has 6 unspecified atom stereocenters. The van der Waals surface area contributed by atoms with Crippen LogP contribution in [0.4, 0.5) is 0 Å². The van der Waals surface area contributed by atoms with E-state index in [0.717, 1.165) is 35.6 Å². The van der Waals surface area contributed by atoms with E-state index in [0.29, 0.717) is 35.1 Å². The summed E-state index contributed by atoms with van der Waals surface area (Å²) in [7, 11) is 0. The quantitative estimate of drug-likeness (QED) is 0.364. The van der Waals surface area contributed by atoms with Gasteiger partial charge in [-0.1, -0.05) is 86.3 Å². The van der Waals surface area contributed by atoms with Gasteiger partial charge in [0.25, 0.3) is 0 Å². The number of fused-ring (bicyclic) bond motifs is 8. The van der Waals surface area contributed by atoms with E-state index in [1.54, 1.807) is 18.2 Å². The van der Waals surface area contributed by atoms with Gasteiger partial charge in [0.05, 0.1) is 22.3 Å². The maximum Gasteiger partial charge on any atom is 0.205 e. The second kappa shape index (κ2) is 10.4. The number of aliphatic hydroxyl groups excluding tert-OH is 1. The maximum absolute atomic E-state index is 14.6. The molecule has 4 fully saturated rings. The predicted molar refractivity (Wildman–Crippen MR) is 165 cm³/mol. The molecule has 0 spiro atoms. The first-order chi connectivity index (χ1) is 20.5. The molecule has 8 heteroatoms. The second-order valence-corrected chi connectivity index (χ2v) is 14.4. The molecule has 1 aliphatic heterocycles. The lowest BCUT2D eigenvalue weighted by atomic mass is 9.46. The first-order valence-electron chi connectivity index (χ1n) is 15.5. The molecule has 228 valence electrons. The Balaban J connectivity index is 1.24. The van der Waals surface area contributed by atoms with Crippen molar-refractivity contribution < 1.29 is 28.9 Å². The summed E-state index contributed by atoms with van der Waals surface area (Å²) in [4.78, 5) is 26.8. The molecule has 0 amide bonds. The number of carbonyl (C=O) groups excluding carboxylic acids is 2. The number of hydrogen-bond acceptors (Lipinski definition) is 6. The summed E-state index contributed by atoms with van der Waals surface area (Å²) in [5, 5.41) is 14.3. The van der Waals surface area contributed by atoms with E-state index in [9.17, 15) is 14.7 Å². The number of ketones is 2. The van der Waals surface area contributed by atoms with E-state index in [1.807, 2.05) is 30.3 Å². The molecule has 9 atom stereocenters. The van der Waals surface area contributed by atoms with Gasteiger partial charge in [0.15, 0.2) is 17.7 Å². The van der Waals surface area contributed by atoms with Crippen molar-refractivity contribution in [1.82, 2.24) is 0 Å². The minimum Gasteiger partial charge on any atom is -0.483 e. The minimum atomic E-state index is -1.26. The number of aliphatic hydroxyl groups is 1. The van der Waals surface area contributed by atoms with Crippen LogP contribution in [0.2, 0.25) is 10.0 Å². The van der Waals surface area contributed by atoms with Crippen LogP contribution >= 0.6 is 23.2 Å². The molecule has 2 aromatic rings. The number of benzene rings is 2. The van der Waals surface area contributed by atoms with Crippen molar-refractivity contribution in [1.29, 1.82) is 0 Å². The molecular weight excluding hydrogens is 587 g/mol. The molecule has 1 N–H and O–H groups in total. The summed E-state index contributed by atoms with van der Waals surface area (Å²) in [6.07, 6.45) is 8.07. The molecule has 4 aliphatic carbocycles. The van der Waals surface area contributed by atoms with Gasteiger partial charge in [-0.05, 0) is 62.2 Å². The van der Waals surface area contributed by atoms with Crippen molar-refractivity contribution >= 4 is 45.5 Å². The molecule has 0 aromatic heterocycles. The summed E-state index contributed by atoms with van der Waals surface area (Å²) < 4.78 is 19.5. The van der Waals surface area contributed by atoms with E-state index in [2.05, 4.69) is 20.8 Å². The van der Waals surface area contributed by atoms with E-state index in [1.165, 1.54) is 0 Å². The lowest BCUT2D eigenvalue weighted by Crippen LogP contribution is -2.63. The Morgan fingerprint density at radius 3 is 2.70 bits per heavy atom. The van der Waals surface area contributed by atoms with Gasteiger partial charge in [0.1, 0.15) is 12.4 Å². The van der Waals surface area contributed by atoms with Crippen LogP contribution < -0.4 is 4.74 Å². The summed E-state index contributed by atoms with van der Waals surface area (Å²) in [6, 6.07) is 9.19. The maximum atomic E-state index is 14.6. The van der Waals surface area contributed by atoms with Crippen LogP contribution in [-0.4, -0.2) is 47.4 Å². The fourth-order valence-electron chi connectivity index (χ4n) is 9.67. The lowest BCUT2D eigenvalue weighted by Gasteiger charge is -2.59. The zero-order valence-electron chi connectivity index (χ0n) is 24.8. The van der Waals surface area contributed by atoms with Gasteiger partial charge in [-0.25, -0.2) is 0 Å². The Bertz CT molecular complexity index is 1570. The van der Waals surface area contributed by atoms with E-state index in [4.69, 9.17) is 37.4 Å². The van der Waals surface area contributed by atoms with E-state index < -0.39 is 34.9 Å². The number of ether oxygens (including phenoxy) is 3. The largest absolute Gasteiger partial charge is 0.483 e. The summed E-state index contributed by atoms with van der Waals surface area (Å²) in [5.74, 6) is 0.431. The van der Waals surface area contributed by atoms with Crippen LogP contribution in [0.15, 0.2) is 54.1 Å². The zero-order valence-corrected chi connectivity index (χ0v) is 26.3. The van der Waals surface area contributed by atoms with Gasteiger partial charge in [-0.2, -0.15) is 0 Å². The molecular formula is C35H38Cl2O6. The van der Waals surface area contributed by atoms with E-state index >= 15 is 0 Å². The zero-order chi connectivity index (χ0) is 30.3. The highest BCUT2D eigenvalue weighted by Gasteiger charge is 2.75. The minimum absolute atomic E-state index is 0.0124. The van der Waals surface area contributed by atoms with Gasteiger partial charge in [-0.15, -0.1) is 0 Å². The van der Waals surface area contributed by atoms with Crippen LogP contribution in [0.5, 0.6) is 5.75 Å². The van der Waals surface area contributed by atoms with Gasteiger partial charge in [0.2, 0.25) is 5.78 Å². The van der Waals surface area contributed by atoms with Gasteiger partial charge in [0, 0.05) is 27.5 Å². The molecule has 7 rings (SSSR count). The number of hydrogen-bond donors (Lipinski definition) is 1. The third-order valence-electron chi connectivity index (χ3n) is 11.5. The molecule has 0 radical (unpaired) electrons. The molecule has 5 aliphatic rings. The average Bonchev–Trinajstić information content (AvgIpc) is 3.45. The number of carbonyl (C=O) groups is 2. The van der Waals surface area contributed by atoms with Crippen LogP contribution in [0.3, 0.4) is 0 Å². The van der Waals surface area contributed by atoms with Crippen LogP contribution in [0, 0.1) is 28.6 Å². The Kier molecular flexibility index (Phi) is 7.14. The fraction of sp³-hybridized carbons (Fsp3) is 0.543. The molecule has 2 aromatic carbocycles. The fourth-order valence-corrected chi connectivity index (χ4v) is 10.3. The van der Waals surface area contributed by atoms with Crippen molar-refractivity contribution in [3.63, 3.8) is 0 Å². The molecule has 1 saturated heterocycles. The number of Topliss-reactive ketones (excluding diaryl/α,β-unsaturated/α-hetero) is 1. The molecule has 0 bridgehead atoms. The summed E-state index contributed by atoms with van der Waals surface area (Å²) in [5.41, 5.74) is -1.22. The van der Waals surface area contributed by atoms with E-state index in [-0.39, 0.29) is 35.9 Å². The summed E-state index contributed by atoms with van der Waals surface area (Å²) >= 11 is 13.0. The third kappa shape index (κ3) is 4.16. The third-order valence-corrected chi connectivity index (χ3v) is 12.1. The van der Waals surface area contributed by atoms with Crippen LogP contribution in [0.25, 0.3) is 10.8 Å². The first kappa shape index (κ1) is 29.5. The predicted octanol–water partition coefficient (Wildman–Crippen LogP) is 7.26. The molecule has 3 saturated carbocycles. The smallest absolute Gasteiger partial charge is 0.205 e. The van der Waals surface area contributed by atoms with Gasteiger partial charge < -0.3 is 19.3 Å². The average molecular weight is 626 g/mol. The normalized spacial score (nSPS) is 39.6. The Morgan fingerprint density at radius 1 is 1.16 bits per heavy atom. The summed E-state index contributed by atoms with van der Waals surface area (Å²) in [6.45, 7) is 6.10. The van der Waals surface area contributed by atoms with Crippen molar-refractivity contribution in [2.24, 2.45) is 28.6 Å². The van der Waals surface area contributed by atoms with Crippen molar-refractivity contribution in [2.75, 3.05) is 6.61 Å². The Labute approximate surface area is 262 Å². The number of rotatable bonds is 6. The molecule has 1 heterocycles. The Morgan fingerprint density at radius 2 is 1.93 bits per heavy atom. The topological polar surface area (TPSA) is 82.1 Å². The number of allylic oxidation sites excluding steroid dienone is 4. The van der Waals surface area contributed by atoms with Crippen LogP contribution in [-0.2, 0) is 19.1 Å². The monoisotopic (exact) mass is 624 g/mol. The highest BCUT2D eigenvalue weighted by molar-refractivity contribution is 6.40. The molecule has 43 heavy (non-hydrogen) atoms. The van der Waals surface area contributed by atoms with Crippen LogP contribution in [0.1, 0.15) is 59.3 Å². The van der Waals surface area contributed by atoms with Crippen molar-refractivity contribution in [2.45, 2.75) is 83.4 Å². The number of halogens is 2. The standard InChI is InChI=1S/C35H38Cl2O6/c1-4-7-30-42-29-15-24-23-11-10-19-14-20(38)12-13-33(19,2)31(23)27(39)17-34(24,3)35(29,43-30)28(40)18-41-32-22-9-6-5-8-21(22)25(36)16-26(32)37/h5-6,8-9,12-14,16,23-24,27,29-31,39H,4,7,10-11,15,17-18H2,1-3H3/t23?,24?,27-,29-,30?,31?,33?,34?,35+/m0/s1. The Hall–Kier alpha value is -2.22. The highest BCUT2D eigenvalue weighted by Crippen LogP contribution is 2.69. The highest BCUT2D eigenvalue weighted by atomic mass is 35.5. The van der Waals surface area contributed by atoms with Crippen molar-refractivity contribution in [3.8, 4) is 5.75 Å². The SMILES string of the molecule is CCCC1O[C@H]2CC3C4CCC5=CC(=O)C=CC5(C)C4[C@@H](O)CC3(C)[C@]2(C(=O)COc2c(Cl)cc(Cl)c3ccccc23)O1. The molecule has 6 nitrogen and oxygen atoms in total. The van der Waals surface area contributed by atoms with Crippen molar-refractivity contribution in [3.05, 3.63) is 64.2 Å².